The number of nitrogens with zero attached hydrogens (tertiary/aromatic N) is 2. The van der Waals surface area contributed by atoms with Crippen molar-refractivity contribution in [2.75, 3.05) is 24.2 Å². The largest absolute Gasteiger partial charge is 0.433 e. The maximum absolute atomic E-state index is 12.6. The van der Waals surface area contributed by atoms with E-state index in [0.29, 0.717) is 12.2 Å². The van der Waals surface area contributed by atoms with Gasteiger partial charge in [0.25, 0.3) is 0 Å². The summed E-state index contributed by atoms with van der Waals surface area (Å²) >= 11 is 0. The fourth-order valence-electron chi connectivity index (χ4n) is 1.74. The summed E-state index contributed by atoms with van der Waals surface area (Å²) in [6, 6.07) is 0.987. The number of anilines is 2. The first kappa shape index (κ1) is 14.6. The van der Waals surface area contributed by atoms with E-state index in [-0.39, 0.29) is 11.1 Å². The number of halogens is 3. The molecule has 0 bridgehead atoms. The molecule has 0 aromatic carbocycles. The summed E-state index contributed by atoms with van der Waals surface area (Å²) in [5.41, 5.74) is 5.32. The summed E-state index contributed by atoms with van der Waals surface area (Å²) in [6.45, 7) is 6.61. The molecule has 1 aromatic heterocycles. The first-order valence-corrected chi connectivity index (χ1v) is 5.54. The predicted molar refractivity (Wildman–Crippen MR) is 66.4 cm³/mol. The van der Waals surface area contributed by atoms with Gasteiger partial charge in [0.1, 0.15) is 5.69 Å². The third kappa shape index (κ3) is 3.78. The highest BCUT2D eigenvalue weighted by Crippen LogP contribution is 2.33. The van der Waals surface area contributed by atoms with Crippen molar-refractivity contribution in [1.82, 2.24) is 4.98 Å². The number of nitrogens with two attached hydrogens (primary N) is 1. The minimum atomic E-state index is -4.45. The number of pyridine rings is 1. The second-order valence-electron chi connectivity index (χ2n) is 5.54. The number of hydrogen-bond acceptors (Lipinski definition) is 3. The van der Waals surface area contributed by atoms with Crippen LogP contribution in [0.2, 0.25) is 0 Å². The van der Waals surface area contributed by atoms with Gasteiger partial charge in [0, 0.05) is 13.6 Å². The van der Waals surface area contributed by atoms with E-state index in [1.807, 2.05) is 20.8 Å². The Bertz CT molecular complexity index is 422. The zero-order valence-corrected chi connectivity index (χ0v) is 11.0. The van der Waals surface area contributed by atoms with Crippen molar-refractivity contribution in [2.24, 2.45) is 5.41 Å². The van der Waals surface area contributed by atoms with Crippen molar-refractivity contribution >= 4 is 11.4 Å². The van der Waals surface area contributed by atoms with Gasteiger partial charge in [-0.25, -0.2) is 4.98 Å². The number of hydrogen-bond donors (Lipinski definition) is 1. The van der Waals surface area contributed by atoms with E-state index in [1.54, 1.807) is 11.9 Å². The molecule has 2 N–H and O–H groups in total. The fourth-order valence-corrected chi connectivity index (χ4v) is 1.74. The molecular weight excluding hydrogens is 243 g/mol. The zero-order chi connectivity index (χ0) is 14.1. The summed E-state index contributed by atoms with van der Waals surface area (Å²) < 4.78 is 37.7. The minimum absolute atomic E-state index is 0.0388. The molecule has 0 aliphatic carbocycles. The molecule has 0 amide bonds. The number of nitrogen functional groups attached to an aromatic ring is 1. The number of rotatable bonds is 2. The predicted octanol–water partition coefficient (Wildman–Crippen LogP) is 3.16. The lowest BCUT2D eigenvalue weighted by Crippen LogP contribution is -2.30. The molecule has 0 aliphatic heterocycles. The van der Waals surface area contributed by atoms with Crippen molar-refractivity contribution in [3.05, 3.63) is 18.0 Å². The van der Waals surface area contributed by atoms with Crippen LogP contribution in [0.3, 0.4) is 0 Å². The summed E-state index contributed by atoms with van der Waals surface area (Å²) in [7, 11) is 1.72. The fraction of sp³-hybridized carbons (Fsp3) is 0.583. The summed E-state index contributed by atoms with van der Waals surface area (Å²) in [5, 5.41) is 0. The van der Waals surface area contributed by atoms with E-state index in [0.717, 1.165) is 12.3 Å². The highest BCUT2D eigenvalue weighted by atomic mass is 19.4. The van der Waals surface area contributed by atoms with Gasteiger partial charge in [-0.05, 0) is 11.5 Å². The van der Waals surface area contributed by atoms with Crippen molar-refractivity contribution in [2.45, 2.75) is 26.9 Å². The summed E-state index contributed by atoms with van der Waals surface area (Å²) in [6.07, 6.45) is -3.40. The second kappa shape index (κ2) is 4.66. The molecule has 102 valence electrons. The Hall–Kier alpha value is -1.46. The van der Waals surface area contributed by atoms with Crippen molar-refractivity contribution in [3.63, 3.8) is 0 Å². The lowest BCUT2D eigenvalue weighted by atomic mass is 9.96. The van der Waals surface area contributed by atoms with Crippen LogP contribution in [0.25, 0.3) is 0 Å². The summed E-state index contributed by atoms with van der Waals surface area (Å²) in [4.78, 5) is 5.03. The van der Waals surface area contributed by atoms with Crippen LogP contribution in [-0.2, 0) is 6.18 Å². The molecule has 6 heteroatoms. The Morgan fingerprint density at radius 2 is 1.83 bits per heavy atom. The van der Waals surface area contributed by atoms with Crippen LogP contribution in [0.4, 0.5) is 24.5 Å². The maximum Gasteiger partial charge on any atom is 0.433 e. The Morgan fingerprint density at radius 3 is 2.28 bits per heavy atom. The van der Waals surface area contributed by atoms with E-state index in [1.165, 1.54) is 0 Å². The zero-order valence-electron chi connectivity index (χ0n) is 11.0. The molecule has 1 heterocycles. The molecule has 0 spiro atoms. The Morgan fingerprint density at radius 1 is 1.28 bits per heavy atom. The first-order chi connectivity index (χ1) is 8.00. The Labute approximate surface area is 105 Å². The van der Waals surface area contributed by atoms with Gasteiger partial charge in [0.05, 0.1) is 17.6 Å². The van der Waals surface area contributed by atoms with Gasteiger partial charge in [0.2, 0.25) is 0 Å². The van der Waals surface area contributed by atoms with Crippen LogP contribution in [0, 0.1) is 5.41 Å². The number of alkyl halides is 3. The normalized spacial score (nSPS) is 12.6. The van der Waals surface area contributed by atoms with E-state index >= 15 is 0 Å². The highest BCUT2D eigenvalue weighted by molar-refractivity contribution is 5.66. The van der Waals surface area contributed by atoms with Crippen molar-refractivity contribution in [3.8, 4) is 0 Å². The minimum Gasteiger partial charge on any atom is -0.396 e. The highest BCUT2D eigenvalue weighted by Gasteiger charge is 2.33. The molecule has 3 nitrogen and oxygen atoms in total. The Balaban J connectivity index is 3.08. The SMILES string of the molecule is CN(CC(C)(C)C)c1cc(C(F)(F)F)ncc1N. The molecule has 18 heavy (non-hydrogen) atoms. The molecule has 0 fully saturated rings. The van der Waals surface area contributed by atoms with Crippen LogP contribution in [0.5, 0.6) is 0 Å². The molecule has 0 aliphatic rings. The molecular formula is C12H18F3N3. The smallest absolute Gasteiger partial charge is 0.396 e. The average Bonchev–Trinajstić information content (AvgIpc) is 2.13. The quantitative estimate of drug-likeness (QED) is 0.889. The lowest BCUT2D eigenvalue weighted by molar-refractivity contribution is -0.141. The van der Waals surface area contributed by atoms with Gasteiger partial charge < -0.3 is 10.6 Å². The van der Waals surface area contributed by atoms with Crippen LogP contribution < -0.4 is 10.6 Å². The van der Waals surface area contributed by atoms with Gasteiger partial charge in [0.15, 0.2) is 0 Å². The van der Waals surface area contributed by atoms with E-state index in [2.05, 4.69) is 4.98 Å². The van der Waals surface area contributed by atoms with Gasteiger partial charge in [-0.1, -0.05) is 20.8 Å². The van der Waals surface area contributed by atoms with Crippen LogP contribution >= 0.6 is 0 Å². The standard InChI is InChI=1S/C12H18F3N3/c1-11(2,3)7-18(4)9-5-10(12(13,14)15)17-6-8(9)16/h5-6H,7,16H2,1-4H3. The van der Waals surface area contributed by atoms with E-state index in [9.17, 15) is 13.2 Å². The second-order valence-corrected chi connectivity index (χ2v) is 5.54. The number of aromatic nitrogens is 1. The monoisotopic (exact) mass is 261 g/mol. The van der Waals surface area contributed by atoms with Crippen LogP contribution in [0.1, 0.15) is 26.5 Å². The third-order valence-corrected chi connectivity index (χ3v) is 2.33. The van der Waals surface area contributed by atoms with Crippen LogP contribution in [-0.4, -0.2) is 18.6 Å². The van der Waals surface area contributed by atoms with Gasteiger partial charge in [-0.15, -0.1) is 0 Å². The van der Waals surface area contributed by atoms with Crippen molar-refractivity contribution in [1.29, 1.82) is 0 Å². The Kier molecular flexibility index (Phi) is 3.78. The maximum atomic E-state index is 12.6. The van der Waals surface area contributed by atoms with Gasteiger partial charge in [-0.2, -0.15) is 13.2 Å². The van der Waals surface area contributed by atoms with Gasteiger partial charge in [-0.3, -0.25) is 0 Å². The summed E-state index contributed by atoms with van der Waals surface area (Å²) in [5.74, 6) is 0. The molecule has 0 atom stereocenters. The van der Waals surface area contributed by atoms with E-state index < -0.39 is 11.9 Å². The topological polar surface area (TPSA) is 42.2 Å². The molecule has 1 aromatic rings. The molecule has 0 radical (unpaired) electrons. The first-order valence-electron chi connectivity index (χ1n) is 5.54. The van der Waals surface area contributed by atoms with E-state index in [4.69, 9.17) is 5.73 Å². The van der Waals surface area contributed by atoms with Crippen molar-refractivity contribution < 1.29 is 13.2 Å². The lowest BCUT2D eigenvalue weighted by Gasteiger charge is -2.29. The third-order valence-electron chi connectivity index (χ3n) is 2.33. The van der Waals surface area contributed by atoms with Gasteiger partial charge >= 0.3 is 6.18 Å². The average molecular weight is 261 g/mol. The molecule has 0 saturated heterocycles. The molecule has 0 unspecified atom stereocenters. The molecule has 1 rings (SSSR count). The molecule has 0 saturated carbocycles. The van der Waals surface area contributed by atoms with Crippen LogP contribution in [0.15, 0.2) is 12.3 Å².